The van der Waals surface area contributed by atoms with Crippen LogP contribution in [0.25, 0.3) is 0 Å². The molecular formula is C16H22N2O3S. The van der Waals surface area contributed by atoms with Crippen molar-refractivity contribution in [3.8, 4) is 0 Å². The maximum atomic E-state index is 12.0. The standard InChI is InChI=1S/C16H22N2O3S/c1-16(2)9-14(16)15(19)17-10-11-4-3-5-12(8-11)18-22(20,21)13-6-7-13/h3-5,8,13-14,18H,6-7,9-10H2,1-2H3,(H,17,19). The molecule has 2 fully saturated rings. The van der Waals surface area contributed by atoms with Crippen molar-refractivity contribution < 1.29 is 13.2 Å². The van der Waals surface area contributed by atoms with E-state index in [1.165, 1.54) is 0 Å². The first-order chi connectivity index (χ1) is 10.3. The lowest BCUT2D eigenvalue weighted by atomic mass is 10.1. The number of hydrogen-bond acceptors (Lipinski definition) is 3. The van der Waals surface area contributed by atoms with Crippen molar-refractivity contribution in [2.24, 2.45) is 11.3 Å². The zero-order valence-corrected chi connectivity index (χ0v) is 13.7. The van der Waals surface area contributed by atoms with E-state index in [0.29, 0.717) is 12.2 Å². The summed E-state index contributed by atoms with van der Waals surface area (Å²) in [4.78, 5) is 12.0. The smallest absolute Gasteiger partial charge is 0.235 e. The summed E-state index contributed by atoms with van der Waals surface area (Å²) >= 11 is 0. The minimum Gasteiger partial charge on any atom is -0.352 e. The second kappa shape index (κ2) is 5.26. The summed E-state index contributed by atoms with van der Waals surface area (Å²) in [5, 5.41) is 2.68. The van der Waals surface area contributed by atoms with Gasteiger partial charge in [-0.05, 0) is 42.4 Å². The van der Waals surface area contributed by atoms with Crippen LogP contribution in [0.1, 0.15) is 38.7 Å². The quantitative estimate of drug-likeness (QED) is 0.843. The van der Waals surface area contributed by atoms with Crippen LogP contribution in [0.15, 0.2) is 24.3 Å². The van der Waals surface area contributed by atoms with Gasteiger partial charge >= 0.3 is 0 Å². The van der Waals surface area contributed by atoms with Crippen LogP contribution in [0.4, 0.5) is 5.69 Å². The molecule has 0 saturated heterocycles. The summed E-state index contributed by atoms with van der Waals surface area (Å²) in [7, 11) is -3.24. The van der Waals surface area contributed by atoms with E-state index in [2.05, 4.69) is 23.9 Å². The van der Waals surface area contributed by atoms with Gasteiger partial charge in [-0.25, -0.2) is 8.42 Å². The monoisotopic (exact) mass is 322 g/mol. The Bertz CT molecular complexity index is 693. The zero-order chi connectivity index (χ0) is 16.0. The van der Waals surface area contributed by atoms with Gasteiger partial charge in [0.2, 0.25) is 15.9 Å². The molecule has 0 bridgehead atoms. The maximum Gasteiger partial charge on any atom is 0.235 e. The average Bonchev–Trinajstić information content (AvgIpc) is 3.32. The molecule has 120 valence electrons. The third-order valence-electron chi connectivity index (χ3n) is 4.45. The van der Waals surface area contributed by atoms with Crippen LogP contribution in [-0.2, 0) is 21.4 Å². The van der Waals surface area contributed by atoms with Crippen molar-refractivity contribution in [2.75, 3.05) is 4.72 Å². The molecule has 3 rings (SSSR count). The molecule has 1 atom stereocenters. The van der Waals surface area contributed by atoms with Crippen molar-refractivity contribution in [2.45, 2.75) is 44.9 Å². The highest BCUT2D eigenvalue weighted by molar-refractivity contribution is 7.93. The molecule has 22 heavy (non-hydrogen) atoms. The lowest BCUT2D eigenvalue weighted by molar-refractivity contribution is -0.123. The van der Waals surface area contributed by atoms with E-state index in [0.717, 1.165) is 24.8 Å². The number of sulfonamides is 1. The van der Waals surface area contributed by atoms with Crippen LogP contribution >= 0.6 is 0 Å². The maximum absolute atomic E-state index is 12.0. The molecule has 6 heteroatoms. The van der Waals surface area contributed by atoms with Gasteiger partial charge in [-0.2, -0.15) is 0 Å². The highest BCUT2D eigenvalue weighted by Crippen LogP contribution is 2.51. The van der Waals surface area contributed by atoms with Gasteiger partial charge in [-0.15, -0.1) is 0 Å². The highest BCUT2D eigenvalue weighted by Gasteiger charge is 2.50. The lowest BCUT2D eigenvalue weighted by Crippen LogP contribution is -2.26. The minimum absolute atomic E-state index is 0.0777. The Morgan fingerprint density at radius 2 is 2.00 bits per heavy atom. The van der Waals surface area contributed by atoms with E-state index in [1.54, 1.807) is 18.2 Å². The normalized spacial score (nSPS) is 22.9. The van der Waals surface area contributed by atoms with Crippen molar-refractivity contribution in [3.63, 3.8) is 0 Å². The number of nitrogens with one attached hydrogen (secondary N) is 2. The van der Waals surface area contributed by atoms with Gasteiger partial charge in [0.25, 0.3) is 0 Å². The Labute approximate surface area is 131 Å². The summed E-state index contributed by atoms with van der Waals surface area (Å²) in [6.45, 7) is 4.60. The van der Waals surface area contributed by atoms with Crippen molar-refractivity contribution in [1.29, 1.82) is 0 Å². The number of hydrogen-bond donors (Lipinski definition) is 2. The summed E-state index contributed by atoms with van der Waals surface area (Å²) in [5.41, 5.74) is 1.57. The fraction of sp³-hybridized carbons (Fsp3) is 0.562. The SMILES string of the molecule is CC1(C)CC1C(=O)NCc1cccc(NS(=O)(=O)C2CC2)c1. The van der Waals surface area contributed by atoms with Crippen molar-refractivity contribution >= 4 is 21.6 Å². The number of benzene rings is 1. The molecule has 2 saturated carbocycles. The number of rotatable bonds is 6. The molecule has 2 aliphatic rings. The van der Waals surface area contributed by atoms with E-state index in [4.69, 9.17) is 0 Å². The minimum atomic E-state index is -3.24. The molecule has 1 amide bonds. The first-order valence-electron chi connectivity index (χ1n) is 7.66. The van der Waals surface area contributed by atoms with E-state index in [1.807, 2.05) is 6.07 Å². The molecule has 5 nitrogen and oxygen atoms in total. The number of amides is 1. The highest BCUT2D eigenvalue weighted by atomic mass is 32.2. The third kappa shape index (κ3) is 3.43. The Balaban J connectivity index is 1.58. The summed E-state index contributed by atoms with van der Waals surface area (Å²) in [5.74, 6) is 0.179. The van der Waals surface area contributed by atoms with Crippen LogP contribution in [0, 0.1) is 11.3 Å². The summed E-state index contributed by atoms with van der Waals surface area (Å²) in [6, 6.07) is 7.19. The largest absolute Gasteiger partial charge is 0.352 e. The van der Waals surface area contributed by atoms with Gasteiger partial charge in [-0.1, -0.05) is 26.0 Å². The summed E-state index contributed by atoms with van der Waals surface area (Å²) in [6.07, 6.45) is 2.41. The Kier molecular flexibility index (Phi) is 3.67. The van der Waals surface area contributed by atoms with Crippen molar-refractivity contribution in [1.82, 2.24) is 5.32 Å². The van der Waals surface area contributed by atoms with E-state index in [9.17, 15) is 13.2 Å². The van der Waals surface area contributed by atoms with Crippen LogP contribution < -0.4 is 10.0 Å². The van der Waals surface area contributed by atoms with E-state index in [-0.39, 0.29) is 22.5 Å². The number of carbonyl (C=O) groups excluding carboxylic acids is 1. The fourth-order valence-corrected chi connectivity index (χ4v) is 3.98. The van der Waals surface area contributed by atoms with Gasteiger partial charge in [0.15, 0.2) is 0 Å². The van der Waals surface area contributed by atoms with Gasteiger partial charge in [0.05, 0.1) is 5.25 Å². The van der Waals surface area contributed by atoms with E-state index >= 15 is 0 Å². The van der Waals surface area contributed by atoms with E-state index < -0.39 is 10.0 Å². The topological polar surface area (TPSA) is 75.3 Å². The predicted octanol–water partition coefficient (Wildman–Crippen LogP) is 2.25. The molecule has 0 radical (unpaired) electrons. The molecule has 0 aromatic heterocycles. The van der Waals surface area contributed by atoms with Gasteiger partial charge in [-0.3, -0.25) is 9.52 Å². The number of carbonyl (C=O) groups is 1. The lowest BCUT2D eigenvalue weighted by Gasteiger charge is -2.10. The zero-order valence-electron chi connectivity index (χ0n) is 12.9. The second-order valence-corrected chi connectivity index (χ2v) is 8.97. The third-order valence-corrected chi connectivity index (χ3v) is 6.32. The molecule has 0 spiro atoms. The Hall–Kier alpha value is -1.56. The molecule has 0 heterocycles. The molecule has 1 aromatic rings. The average molecular weight is 322 g/mol. The molecule has 2 N–H and O–H groups in total. The summed E-state index contributed by atoms with van der Waals surface area (Å²) < 4.78 is 26.5. The molecule has 1 aromatic carbocycles. The second-order valence-electron chi connectivity index (χ2n) is 7.01. The van der Waals surface area contributed by atoms with Crippen LogP contribution in [0.2, 0.25) is 0 Å². The first-order valence-corrected chi connectivity index (χ1v) is 9.21. The Morgan fingerprint density at radius 3 is 2.59 bits per heavy atom. The van der Waals surface area contributed by atoms with Crippen LogP contribution in [-0.4, -0.2) is 19.6 Å². The molecule has 1 unspecified atom stereocenters. The molecular weight excluding hydrogens is 300 g/mol. The van der Waals surface area contributed by atoms with Gasteiger partial charge < -0.3 is 5.32 Å². The van der Waals surface area contributed by atoms with Gasteiger partial charge in [0.1, 0.15) is 0 Å². The van der Waals surface area contributed by atoms with Crippen molar-refractivity contribution in [3.05, 3.63) is 29.8 Å². The molecule has 0 aliphatic heterocycles. The van der Waals surface area contributed by atoms with Gasteiger partial charge in [0, 0.05) is 18.2 Å². The van der Waals surface area contributed by atoms with Crippen LogP contribution in [0.5, 0.6) is 0 Å². The first kappa shape index (κ1) is 15.3. The van der Waals surface area contributed by atoms with Crippen LogP contribution in [0.3, 0.4) is 0 Å². The molecule has 2 aliphatic carbocycles. The predicted molar refractivity (Wildman–Crippen MR) is 85.7 cm³/mol. The number of anilines is 1. The Morgan fingerprint density at radius 1 is 1.32 bits per heavy atom. The fourth-order valence-electron chi connectivity index (χ4n) is 2.60.